The van der Waals surface area contributed by atoms with Gasteiger partial charge >= 0.3 is 0 Å². The largest absolute Gasteiger partial charge is 0.253 e. The van der Waals surface area contributed by atoms with Crippen LogP contribution in [0.25, 0.3) is 33.7 Å². The van der Waals surface area contributed by atoms with Crippen molar-refractivity contribution in [2.24, 2.45) is 0 Å². The van der Waals surface area contributed by atoms with Gasteiger partial charge in [-0.2, -0.15) is 10.2 Å². The number of pyridine rings is 4. The average Bonchev–Trinajstić information content (AvgIpc) is 3.49. The second-order valence-corrected chi connectivity index (χ2v) is 8.35. The third kappa shape index (κ3) is 3.32. The number of hydrogen-bond acceptors (Lipinski definition) is 6. The minimum Gasteiger partial charge on any atom is -0.253 e. The van der Waals surface area contributed by atoms with E-state index >= 15 is 0 Å². The van der Waals surface area contributed by atoms with Gasteiger partial charge in [0.05, 0.1) is 23.8 Å². The maximum Gasteiger partial charge on any atom is 0.153 e. The Labute approximate surface area is 189 Å². The molecule has 6 heterocycles. The predicted molar refractivity (Wildman–Crippen MR) is 125 cm³/mol. The van der Waals surface area contributed by atoms with Crippen LogP contribution in [-0.2, 0) is 5.41 Å². The lowest BCUT2D eigenvalue weighted by Crippen LogP contribution is -2.23. The van der Waals surface area contributed by atoms with E-state index in [4.69, 9.17) is 9.97 Å². The van der Waals surface area contributed by atoms with Crippen LogP contribution >= 0.6 is 0 Å². The van der Waals surface area contributed by atoms with Crippen molar-refractivity contribution in [2.75, 3.05) is 0 Å². The van der Waals surface area contributed by atoms with Crippen molar-refractivity contribution in [2.45, 2.75) is 19.3 Å². The zero-order chi connectivity index (χ0) is 22.4. The molecule has 0 saturated heterocycles. The smallest absolute Gasteiger partial charge is 0.153 e. The molecule has 8 nitrogen and oxygen atoms in total. The second-order valence-electron chi connectivity index (χ2n) is 8.35. The summed E-state index contributed by atoms with van der Waals surface area (Å²) in [5.74, 6) is 1.47. The Bertz CT molecular complexity index is 1430. The summed E-state index contributed by atoms with van der Waals surface area (Å²) in [6, 6.07) is 19.6. The fourth-order valence-electron chi connectivity index (χ4n) is 3.87. The van der Waals surface area contributed by atoms with Crippen LogP contribution in [0.5, 0.6) is 0 Å². The van der Waals surface area contributed by atoms with Crippen molar-refractivity contribution in [1.29, 1.82) is 0 Å². The minimum atomic E-state index is -0.443. The first kappa shape index (κ1) is 19.2. The Morgan fingerprint density at radius 2 is 1.06 bits per heavy atom. The topological polar surface area (TPSA) is 87.2 Å². The van der Waals surface area contributed by atoms with Crippen LogP contribution < -0.4 is 0 Å². The highest BCUT2D eigenvalue weighted by molar-refractivity contribution is 5.74. The van der Waals surface area contributed by atoms with Crippen LogP contribution in [0.2, 0.25) is 0 Å². The molecule has 0 spiro atoms. The Morgan fingerprint density at radius 3 is 1.52 bits per heavy atom. The van der Waals surface area contributed by atoms with E-state index in [0.717, 1.165) is 45.1 Å². The average molecular weight is 432 g/mol. The summed E-state index contributed by atoms with van der Waals surface area (Å²) in [6.07, 6.45) is 7.31. The van der Waals surface area contributed by atoms with Gasteiger partial charge in [0.25, 0.3) is 0 Å². The van der Waals surface area contributed by atoms with Gasteiger partial charge in [-0.25, -0.2) is 19.3 Å². The number of rotatable bonds is 4. The third-order valence-corrected chi connectivity index (χ3v) is 5.77. The molecule has 0 radical (unpaired) electrons. The highest BCUT2D eigenvalue weighted by atomic mass is 15.3. The summed E-state index contributed by atoms with van der Waals surface area (Å²) in [7, 11) is 0. The van der Waals surface area contributed by atoms with Crippen LogP contribution in [0.3, 0.4) is 0 Å². The van der Waals surface area contributed by atoms with E-state index < -0.39 is 5.41 Å². The van der Waals surface area contributed by atoms with Crippen LogP contribution in [0, 0.1) is 0 Å². The Balaban J connectivity index is 1.39. The number of fused-ring (bicyclic) bond motifs is 2. The lowest BCUT2D eigenvalue weighted by molar-refractivity contribution is 0.588. The second kappa shape index (κ2) is 7.30. The molecular formula is C25H20N8. The van der Waals surface area contributed by atoms with Crippen molar-refractivity contribution < 1.29 is 0 Å². The highest BCUT2D eigenvalue weighted by Gasteiger charge is 2.27. The molecule has 0 unspecified atom stereocenters. The van der Waals surface area contributed by atoms with Crippen molar-refractivity contribution in [3.8, 4) is 11.6 Å². The van der Waals surface area contributed by atoms with Gasteiger partial charge in [-0.1, -0.05) is 12.1 Å². The first-order valence-corrected chi connectivity index (χ1v) is 10.6. The molecule has 160 valence electrons. The fourth-order valence-corrected chi connectivity index (χ4v) is 3.87. The molecule has 0 amide bonds. The standard InChI is InChI=1S/C25H20N8/c1-25(2,21-9-3-11-23(28-21)32-15-19-17(30-32)7-5-13-26-19)22-10-4-12-24(29-22)33-16-20-18(31-33)8-6-14-27-20/h3-16H,1-2H3. The normalized spacial score (nSPS) is 11.9. The van der Waals surface area contributed by atoms with Crippen LogP contribution in [0.1, 0.15) is 25.2 Å². The van der Waals surface area contributed by atoms with Gasteiger partial charge in [-0.15, -0.1) is 0 Å². The Hall–Kier alpha value is -4.46. The minimum absolute atomic E-state index is 0.443. The van der Waals surface area contributed by atoms with E-state index in [1.165, 1.54) is 0 Å². The van der Waals surface area contributed by atoms with Gasteiger partial charge < -0.3 is 0 Å². The lowest BCUT2D eigenvalue weighted by Gasteiger charge is -2.24. The zero-order valence-corrected chi connectivity index (χ0v) is 18.2. The van der Waals surface area contributed by atoms with Gasteiger partial charge in [0.1, 0.15) is 22.1 Å². The molecular weight excluding hydrogens is 412 g/mol. The van der Waals surface area contributed by atoms with Crippen molar-refractivity contribution in [1.82, 2.24) is 39.5 Å². The van der Waals surface area contributed by atoms with Crippen LogP contribution in [0.4, 0.5) is 0 Å². The summed E-state index contributed by atoms with van der Waals surface area (Å²) in [5, 5.41) is 9.22. The number of aromatic nitrogens is 8. The molecule has 0 N–H and O–H groups in total. The summed E-state index contributed by atoms with van der Waals surface area (Å²) in [4.78, 5) is 18.6. The van der Waals surface area contributed by atoms with Gasteiger partial charge in [0, 0.05) is 17.8 Å². The van der Waals surface area contributed by atoms with E-state index in [2.05, 4.69) is 34.0 Å². The van der Waals surface area contributed by atoms with Crippen molar-refractivity contribution in [3.05, 3.63) is 96.8 Å². The highest BCUT2D eigenvalue weighted by Crippen LogP contribution is 2.30. The number of nitrogens with zero attached hydrogens (tertiary/aromatic N) is 8. The summed E-state index contributed by atoms with van der Waals surface area (Å²) < 4.78 is 3.53. The van der Waals surface area contributed by atoms with Crippen LogP contribution in [0.15, 0.2) is 85.5 Å². The quantitative estimate of drug-likeness (QED) is 0.413. The molecule has 0 aliphatic carbocycles. The van der Waals surface area contributed by atoms with E-state index in [1.807, 2.05) is 73.1 Å². The van der Waals surface area contributed by atoms with Crippen LogP contribution in [-0.4, -0.2) is 39.5 Å². The first-order chi connectivity index (χ1) is 16.1. The molecule has 0 fully saturated rings. The molecule has 0 aliphatic heterocycles. The van der Waals surface area contributed by atoms with Crippen molar-refractivity contribution >= 4 is 22.1 Å². The molecule has 0 bridgehead atoms. The molecule has 6 aromatic rings. The molecule has 0 atom stereocenters. The molecule has 6 rings (SSSR count). The van der Waals surface area contributed by atoms with Gasteiger partial charge in [0.15, 0.2) is 11.6 Å². The zero-order valence-electron chi connectivity index (χ0n) is 18.2. The maximum atomic E-state index is 4.92. The van der Waals surface area contributed by atoms with Crippen molar-refractivity contribution in [3.63, 3.8) is 0 Å². The number of hydrogen-bond donors (Lipinski definition) is 0. The first-order valence-electron chi connectivity index (χ1n) is 10.6. The van der Waals surface area contributed by atoms with E-state index in [-0.39, 0.29) is 0 Å². The van der Waals surface area contributed by atoms with E-state index in [0.29, 0.717) is 0 Å². The fraction of sp³-hybridized carbons (Fsp3) is 0.120. The molecule has 8 heteroatoms. The molecule has 6 aromatic heterocycles. The maximum absolute atomic E-state index is 4.92. The molecule has 0 aromatic carbocycles. The summed E-state index contributed by atoms with van der Waals surface area (Å²) in [5.41, 5.74) is 4.67. The summed E-state index contributed by atoms with van der Waals surface area (Å²) in [6.45, 7) is 4.24. The Kier molecular flexibility index (Phi) is 4.26. The lowest BCUT2D eigenvalue weighted by atomic mass is 9.84. The monoisotopic (exact) mass is 432 g/mol. The SMILES string of the molecule is CC(C)(c1cccc(-n2cc3ncccc3n2)n1)c1cccc(-n2cc3ncccc3n2)n1. The van der Waals surface area contributed by atoms with E-state index in [9.17, 15) is 0 Å². The molecule has 33 heavy (non-hydrogen) atoms. The third-order valence-electron chi connectivity index (χ3n) is 5.77. The molecule has 0 aliphatic rings. The predicted octanol–water partition coefficient (Wildman–Crippen LogP) is 4.27. The Morgan fingerprint density at radius 1 is 0.576 bits per heavy atom. The van der Waals surface area contributed by atoms with Gasteiger partial charge in [-0.3, -0.25) is 9.97 Å². The summed E-state index contributed by atoms with van der Waals surface area (Å²) >= 11 is 0. The van der Waals surface area contributed by atoms with E-state index in [1.54, 1.807) is 21.8 Å². The van der Waals surface area contributed by atoms with Gasteiger partial charge in [0.2, 0.25) is 0 Å². The molecule has 0 saturated carbocycles. The van der Waals surface area contributed by atoms with Gasteiger partial charge in [-0.05, 0) is 62.4 Å².